The molecule has 1 aromatic carbocycles. The zero-order valence-corrected chi connectivity index (χ0v) is 17.7. The Labute approximate surface area is 176 Å². The normalized spacial score (nSPS) is 28.1. The second-order valence-electron chi connectivity index (χ2n) is 9.02. The molecule has 3 aliphatic rings. The minimum atomic E-state index is -0.541. The summed E-state index contributed by atoms with van der Waals surface area (Å²) >= 11 is 0. The maximum atomic E-state index is 14.2. The van der Waals surface area contributed by atoms with Crippen molar-refractivity contribution in [2.45, 2.75) is 44.2 Å². The molecule has 0 radical (unpaired) electrons. The van der Waals surface area contributed by atoms with Crippen molar-refractivity contribution >= 4 is 17.6 Å². The van der Waals surface area contributed by atoms with Crippen molar-refractivity contribution in [3.8, 4) is 0 Å². The molecule has 164 valence electrons. The summed E-state index contributed by atoms with van der Waals surface area (Å²) in [5, 5.41) is 6.96. The summed E-state index contributed by atoms with van der Waals surface area (Å²) in [6.45, 7) is 1.12. The van der Waals surface area contributed by atoms with E-state index in [2.05, 4.69) is 15.6 Å². The lowest BCUT2D eigenvalue weighted by atomic mass is 9.95. The first kappa shape index (κ1) is 20.9. The van der Waals surface area contributed by atoms with Crippen LogP contribution in [0.3, 0.4) is 0 Å². The molecule has 4 atom stereocenters. The van der Waals surface area contributed by atoms with Gasteiger partial charge in [-0.15, -0.1) is 0 Å². The number of likely N-dealkylation sites (N-methyl/N-ethyl adjacent to an activating group) is 1. The summed E-state index contributed by atoms with van der Waals surface area (Å²) in [6.07, 6.45) is 5.71. The first-order chi connectivity index (χ1) is 14.4. The van der Waals surface area contributed by atoms with Crippen molar-refractivity contribution in [1.29, 1.82) is 0 Å². The molecule has 2 N–H and O–H groups in total. The van der Waals surface area contributed by atoms with E-state index in [-0.39, 0.29) is 24.2 Å². The summed E-state index contributed by atoms with van der Waals surface area (Å²) in [5.74, 6) is 0.943. The second kappa shape index (κ2) is 8.78. The Morgan fingerprint density at radius 2 is 1.93 bits per heavy atom. The first-order valence-electron chi connectivity index (χ1n) is 10.9. The largest absolute Gasteiger partial charge is 0.365 e. The average molecular weight is 420 g/mol. The van der Waals surface area contributed by atoms with Gasteiger partial charge in [0.2, 0.25) is 5.91 Å². The number of carbonyl (C=O) groups excluding carboxylic acids is 1. The standard InChI is InChI=1S/C22H31F2N5O/c1-28(2)20(30)12-25-22(27-19-11-14-6-7-15(19)10-14)26-16-8-9-29(13-16)21-17(23)4-3-5-18(21)24/h3-5,14-16,19H,6-13H2,1-2H3,(H2,25,26,27). The molecule has 2 bridgehead atoms. The first-order valence-corrected chi connectivity index (χ1v) is 10.9. The summed E-state index contributed by atoms with van der Waals surface area (Å²) < 4.78 is 28.3. The number of hydrogen-bond acceptors (Lipinski definition) is 3. The van der Waals surface area contributed by atoms with Crippen LogP contribution in [0.5, 0.6) is 0 Å². The van der Waals surface area contributed by atoms with Crippen LogP contribution in [0.1, 0.15) is 32.1 Å². The Bertz CT molecular complexity index is 794. The van der Waals surface area contributed by atoms with Crippen molar-refractivity contribution in [3.63, 3.8) is 0 Å². The monoisotopic (exact) mass is 419 g/mol. The smallest absolute Gasteiger partial charge is 0.243 e. The van der Waals surface area contributed by atoms with E-state index in [4.69, 9.17) is 0 Å². The number of rotatable bonds is 5. The molecule has 1 aliphatic heterocycles. The minimum Gasteiger partial charge on any atom is -0.365 e. The number of aliphatic imine (C=N–C) groups is 1. The molecule has 2 saturated carbocycles. The Morgan fingerprint density at radius 1 is 1.17 bits per heavy atom. The van der Waals surface area contributed by atoms with Gasteiger partial charge in [0, 0.05) is 39.3 Å². The van der Waals surface area contributed by atoms with Gasteiger partial charge in [-0.3, -0.25) is 4.79 Å². The fourth-order valence-electron chi connectivity index (χ4n) is 5.08. The molecule has 30 heavy (non-hydrogen) atoms. The van der Waals surface area contributed by atoms with Crippen LogP contribution in [0, 0.1) is 23.5 Å². The highest BCUT2D eigenvalue weighted by atomic mass is 19.1. The molecule has 4 rings (SSSR count). The van der Waals surface area contributed by atoms with E-state index >= 15 is 0 Å². The van der Waals surface area contributed by atoms with Gasteiger partial charge >= 0.3 is 0 Å². The van der Waals surface area contributed by atoms with Crippen molar-refractivity contribution in [2.75, 3.05) is 38.6 Å². The maximum absolute atomic E-state index is 14.2. The molecule has 0 spiro atoms. The van der Waals surface area contributed by atoms with Crippen LogP contribution in [0.25, 0.3) is 0 Å². The number of guanidine groups is 1. The number of nitrogens with one attached hydrogen (secondary N) is 2. The summed E-state index contributed by atoms with van der Waals surface area (Å²) in [6, 6.07) is 4.34. The molecular formula is C22H31F2N5O. The minimum absolute atomic E-state index is 0.00306. The lowest BCUT2D eigenvalue weighted by molar-refractivity contribution is -0.127. The third kappa shape index (κ3) is 4.52. The van der Waals surface area contributed by atoms with Crippen LogP contribution in [0.15, 0.2) is 23.2 Å². The highest BCUT2D eigenvalue weighted by Crippen LogP contribution is 2.44. The third-order valence-electron chi connectivity index (χ3n) is 6.71. The average Bonchev–Trinajstić information content (AvgIpc) is 3.43. The number of para-hydroxylation sites is 1. The van der Waals surface area contributed by atoms with Gasteiger partial charge in [-0.2, -0.15) is 0 Å². The van der Waals surface area contributed by atoms with Gasteiger partial charge in [-0.25, -0.2) is 13.8 Å². The van der Waals surface area contributed by atoms with E-state index in [1.54, 1.807) is 19.0 Å². The molecule has 0 aromatic heterocycles. The van der Waals surface area contributed by atoms with Crippen LogP contribution in [-0.2, 0) is 4.79 Å². The van der Waals surface area contributed by atoms with E-state index in [9.17, 15) is 13.6 Å². The third-order valence-corrected chi connectivity index (χ3v) is 6.71. The highest BCUT2D eigenvalue weighted by molar-refractivity contribution is 5.85. The number of amides is 1. The van der Waals surface area contributed by atoms with Crippen LogP contribution in [0.2, 0.25) is 0 Å². The number of halogens is 2. The Balaban J connectivity index is 1.42. The van der Waals surface area contributed by atoms with Crippen molar-refractivity contribution in [1.82, 2.24) is 15.5 Å². The molecule has 1 aromatic rings. The lowest BCUT2D eigenvalue weighted by Crippen LogP contribution is -2.50. The number of anilines is 1. The zero-order chi connectivity index (χ0) is 21.3. The van der Waals surface area contributed by atoms with E-state index in [0.717, 1.165) is 18.8 Å². The van der Waals surface area contributed by atoms with Gasteiger partial charge in [0.05, 0.1) is 0 Å². The SMILES string of the molecule is CN(C)C(=O)CN=C(NC1CCN(c2c(F)cccc2F)C1)NC1CC2CCC1C2. The molecule has 1 heterocycles. The van der Waals surface area contributed by atoms with E-state index in [1.165, 1.54) is 42.4 Å². The van der Waals surface area contributed by atoms with Gasteiger partial charge in [-0.05, 0) is 49.7 Å². The van der Waals surface area contributed by atoms with Gasteiger partial charge < -0.3 is 20.4 Å². The number of carbonyl (C=O) groups is 1. The number of hydrogen-bond donors (Lipinski definition) is 2. The molecular weight excluding hydrogens is 388 g/mol. The lowest BCUT2D eigenvalue weighted by Gasteiger charge is -2.27. The zero-order valence-electron chi connectivity index (χ0n) is 17.7. The van der Waals surface area contributed by atoms with Crippen molar-refractivity contribution in [3.05, 3.63) is 29.8 Å². The fourth-order valence-corrected chi connectivity index (χ4v) is 5.08. The predicted octanol–water partition coefficient (Wildman–Crippen LogP) is 2.36. The molecule has 3 fully saturated rings. The topological polar surface area (TPSA) is 60.0 Å². The van der Waals surface area contributed by atoms with E-state index in [0.29, 0.717) is 31.0 Å². The number of benzene rings is 1. The Hall–Kier alpha value is -2.38. The van der Waals surface area contributed by atoms with Gasteiger partial charge in [0.15, 0.2) is 5.96 Å². The molecule has 1 amide bonds. The predicted molar refractivity (Wildman–Crippen MR) is 113 cm³/mol. The number of fused-ring (bicyclic) bond motifs is 2. The summed E-state index contributed by atoms with van der Waals surface area (Å²) in [7, 11) is 3.43. The Morgan fingerprint density at radius 3 is 2.57 bits per heavy atom. The van der Waals surface area contributed by atoms with Gasteiger partial charge in [0.25, 0.3) is 0 Å². The summed E-state index contributed by atoms with van der Waals surface area (Å²) in [4.78, 5) is 19.8. The molecule has 8 heteroatoms. The molecule has 6 nitrogen and oxygen atoms in total. The van der Waals surface area contributed by atoms with E-state index < -0.39 is 11.6 Å². The van der Waals surface area contributed by atoms with Crippen molar-refractivity contribution in [2.24, 2.45) is 16.8 Å². The van der Waals surface area contributed by atoms with E-state index in [1.807, 2.05) is 0 Å². The quantitative estimate of drug-likeness (QED) is 0.568. The van der Waals surface area contributed by atoms with Crippen LogP contribution in [-0.4, -0.2) is 62.6 Å². The highest BCUT2D eigenvalue weighted by Gasteiger charge is 2.40. The maximum Gasteiger partial charge on any atom is 0.243 e. The molecule has 2 aliphatic carbocycles. The second-order valence-corrected chi connectivity index (χ2v) is 9.02. The van der Waals surface area contributed by atoms with Crippen LogP contribution in [0.4, 0.5) is 14.5 Å². The van der Waals surface area contributed by atoms with Crippen LogP contribution >= 0.6 is 0 Å². The van der Waals surface area contributed by atoms with Gasteiger partial charge in [-0.1, -0.05) is 12.5 Å². The summed E-state index contributed by atoms with van der Waals surface area (Å²) in [5.41, 5.74) is 0.0316. The van der Waals surface area contributed by atoms with Gasteiger partial charge in [0.1, 0.15) is 23.9 Å². The fraction of sp³-hybridized carbons (Fsp3) is 0.636. The molecule has 4 unspecified atom stereocenters. The number of nitrogens with zero attached hydrogens (tertiary/aromatic N) is 3. The molecule has 1 saturated heterocycles. The van der Waals surface area contributed by atoms with Crippen LogP contribution < -0.4 is 15.5 Å². The Kier molecular flexibility index (Phi) is 6.11. The van der Waals surface area contributed by atoms with Crippen molar-refractivity contribution < 1.29 is 13.6 Å².